The lowest BCUT2D eigenvalue weighted by atomic mass is 9.97. The molecule has 0 aliphatic rings. The quantitative estimate of drug-likeness (QED) is 0.782. The van der Waals surface area contributed by atoms with Gasteiger partial charge in [0, 0.05) is 11.6 Å². The highest BCUT2D eigenvalue weighted by Crippen LogP contribution is 2.24. The number of fused-ring (bicyclic) bond motifs is 1. The van der Waals surface area contributed by atoms with Crippen LogP contribution in [0.3, 0.4) is 0 Å². The molecule has 2 rings (SSSR count). The Balaban J connectivity index is 1.95. The maximum atomic E-state index is 11.1. The SMILES string of the molecule is CC(N)(CCCOc1cccc2ncccc12)C(N)=O. The lowest BCUT2D eigenvalue weighted by Crippen LogP contribution is -2.49. The Bertz CT molecular complexity index is 606. The average Bonchev–Trinajstić information content (AvgIpc) is 2.43. The topological polar surface area (TPSA) is 91.2 Å². The Labute approximate surface area is 117 Å². The van der Waals surface area contributed by atoms with Crippen molar-refractivity contribution in [1.29, 1.82) is 0 Å². The van der Waals surface area contributed by atoms with Gasteiger partial charge in [-0.2, -0.15) is 0 Å². The number of aromatic nitrogens is 1. The molecule has 1 aromatic heterocycles. The lowest BCUT2D eigenvalue weighted by Gasteiger charge is -2.20. The van der Waals surface area contributed by atoms with Crippen LogP contribution in [0.5, 0.6) is 5.75 Å². The summed E-state index contributed by atoms with van der Waals surface area (Å²) in [5, 5.41) is 0.973. The first-order valence-electron chi connectivity index (χ1n) is 6.56. The lowest BCUT2D eigenvalue weighted by molar-refractivity contribution is -0.122. The van der Waals surface area contributed by atoms with Gasteiger partial charge in [0.1, 0.15) is 5.75 Å². The molecule has 1 amide bonds. The molecule has 0 spiro atoms. The molecule has 0 saturated carbocycles. The number of hydrogen-bond acceptors (Lipinski definition) is 4. The predicted molar refractivity (Wildman–Crippen MR) is 78.3 cm³/mol. The van der Waals surface area contributed by atoms with Gasteiger partial charge in [-0.15, -0.1) is 0 Å². The van der Waals surface area contributed by atoms with Crippen molar-refractivity contribution < 1.29 is 9.53 Å². The minimum atomic E-state index is -0.982. The van der Waals surface area contributed by atoms with E-state index in [-0.39, 0.29) is 0 Å². The average molecular weight is 273 g/mol. The molecule has 2 aromatic rings. The van der Waals surface area contributed by atoms with Crippen molar-refractivity contribution in [3.63, 3.8) is 0 Å². The first-order valence-corrected chi connectivity index (χ1v) is 6.56. The van der Waals surface area contributed by atoms with Crippen molar-refractivity contribution >= 4 is 16.8 Å². The van der Waals surface area contributed by atoms with E-state index < -0.39 is 11.4 Å². The molecular formula is C15H19N3O2. The van der Waals surface area contributed by atoms with E-state index in [1.54, 1.807) is 13.1 Å². The molecule has 5 heteroatoms. The Morgan fingerprint density at radius 2 is 2.15 bits per heavy atom. The summed E-state index contributed by atoms with van der Waals surface area (Å²) in [6.45, 7) is 2.12. The number of ether oxygens (including phenoxy) is 1. The number of amides is 1. The van der Waals surface area contributed by atoms with Crippen molar-refractivity contribution in [2.24, 2.45) is 11.5 Å². The van der Waals surface area contributed by atoms with E-state index in [1.165, 1.54) is 0 Å². The number of rotatable bonds is 6. The van der Waals surface area contributed by atoms with Crippen molar-refractivity contribution in [3.05, 3.63) is 36.5 Å². The number of benzene rings is 1. The van der Waals surface area contributed by atoms with Crippen molar-refractivity contribution in [2.75, 3.05) is 6.61 Å². The Morgan fingerprint density at radius 3 is 2.90 bits per heavy atom. The number of carbonyl (C=O) groups excluding carboxylic acids is 1. The van der Waals surface area contributed by atoms with E-state index in [0.717, 1.165) is 16.7 Å². The molecule has 0 bridgehead atoms. The fourth-order valence-electron chi connectivity index (χ4n) is 1.95. The molecule has 0 aliphatic heterocycles. The van der Waals surface area contributed by atoms with Gasteiger partial charge >= 0.3 is 0 Å². The van der Waals surface area contributed by atoms with E-state index in [1.807, 2.05) is 30.3 Å². The third-order valence-electron chi connectivity index (χ3n) is 3.27. The second kappa shape index (κ2) is 5.88. The van der Waals surface area contributed by atoms with Crippen LogP contribution in [0.4, 0.5) is 0 Å². The first-order chi connectivity index (χ1) is 9.50. The van der Waals surface area contributed by atoms with Gasteiger partial charge in [0.05, 0.1) is 17.7 Å². The molecular weight excluding hydrogens is 254 g/mol. The summed E-state index contributed by atoms with van der Waals surface area (Å²) in [5.41, 5.74) is 10.9. The molecule has 1 atom stereocenters. The molecule has 106 valence electrons. The second-order valence-corrected chi connectivity index (χ2v) is 5.06. The Morgan fingerprint density at radius 1 is 1.35 bits per heavy atom. The van der Waals surface area contributed by atoms with Gasteiger partial charge < -0.3 is 16.2 Å². The zero-order valence-electron chi connectivity index (χ0n) is 11.5. The maximum absolute atomic E-state index is 11.1. The number of pyridine rings is 1. The van der Waals surface area contributed by atoms with Gasteiger partial charge in [0.25, 0.3) is 0 Å². The van der Waals surface area contributed by atoms with E-state index >= 15 is 0 Å². The number of nitrogens with two attached hydrogens (primary N) is 2. The molecule has 20 heavy (non-hydrogen) atoms. The van der Waals surface area contributed by atoms with Crippen molar-refractivity contribution in [2.45, 2.75) is 25.3 Å². The molecule has 0 aliphatic carbocycles. The van der Waals surface area contributed by atoms with Gasteiger partial charge in [-0.3, -0.25) is 9.78 Å². The molecule has 5 nitrogen and oxygen atoms in total. The Kier molecular flexibility index (Phi) is 4.20. The summed E-state index contributed by atoms with van der Waals surface area (Å²) in [6, 6.07) is 9.58. The highest BCUT2D eigenvalue weighted by molar-refractivity contribution is 5.85. The Hall–Kier alpha value is -2.14. The predicted octanol–water partition coefficient (Wildman–Crippen LogP) is 1.60. The van der Waals surface area contributed by atoms with Crippen LogP contribution >= 0.6 is 0 Å². The molecule has 0 fully saturated rings. The van der Waals surface area contributed by atoms with Gasteiger partial charge in [-0.25, -0.2) is 0 Å². The van der Waals surface area contributed by atoms with E-state index in [2.05, 4.69) is 4.98 Å². The van der Waals surface area contributed by atoms with Gasteiger partial charge in [-0.1, -0.05) is 6.07 Å². The van der Waals surface area contributed by atoms with Crippen LogP contribution in [-0.2, 0) is 4.79 Å². The third kappa shape index (κ3) is 3.24. The normalized spacial score (nSPS) is 13.9. The van der Waals surface area contributed by atoms with Crippen molar-refractivity contribution in [3.8, 4) is 5.75 Å². The van der Waals surface area contributed by atoms with Gasteiger partial charge in [0.2, 0.25) is 5.91 Å². The molecule has 0 radical (unpaired) electrons. The summed E-state index contributed by atoms with van der Waals surface area (Å²) in [7, 11) is 0. The number of carbonyl (C=O) groups is 1. The summed E-state index contributed by atoms with van der Waals surface area (Å²) in [5.74, 6) is 0.292. The van der Waals surface area contributed by atoms with Gasteiger partial charge in [-0.05, 0) is 44.0 Å². The minimum Gasteiger partial charge on any atom is -0.493 e. The number of nitrogens with zero attached hydrogens (tertiary/aromatic N) is 1. The van der Waals surface area contributed by atoms with Crippen LogP contribution in [0, 0.1) is 0 Å². The highest BCUT2D eigenvalue weighted by atomic mass is 16.5. The van der Waals surface area contributed by atoms with E-state index in [4.69, 9.17) is 16.2 Å². The number of primary amides is 1. The van der Waals surface area contributed by atoms with Crippen LogP contribution in [0.25, 0.3) is 10.9 Å². The summed E-state index contributed by atoms with van der Waals surface area (Å²) >= 11 is 0. The molecule has 0 saturated heterocycles. The molecule has 4 N–H and O–H groups in total. The van der Waals surface area contributed by atoms with Crippen LogP contribution < -0.4 is 16.2 Å². The summed E-state index contributed by atoms with van der Waals surface area (Å²) in [6.07, 6.45) is 2.90. The van der Waals surface area contributed by atoms with E-state index in [9.17, 15) is 4.79 Å². The zero-order valence-corrected chi connectivity index (χ0v) is 11.5. The van der Waals surface area contributed by atoms with E-state index in [0.29, 0.717) is 19.4 Å². The molecule has 1 aromatic carbocycles. The summed E-state index contributed by atoms with van der Waals surface area (Å²) < 4.78 is 5.75. The van der Waals surface area contributed by atoms with Crippen LogP contribution in [0.2, 0.25) is 0 Å². The minimum absolute atomic E-state index is 0.480. The fraction of sp³-hybridized carbons (Fsp3) is 0.333. The smallest absolute Gasteiger partial charge is 0.237 e. The highest BCUT2D eigenvalue weighted by Gasteiger charge is 2.24. The first kappa shape index (κ1) is 14.3. The number of hydrogen-bond donors (Lipinski definition) is 2. The zero-order chi connectivity index (χ0) is 14.6. The monoisotopic (exact) mass is 273 g/mol. The van der Waals surface area contributed by atoms with Crippen molar-refractivity contribution in [1.82, 2.24) is 4.98 Å². The second-order valence-electron chi connectivity index (χ2n) is 5.06. The third-order valence-corrected chi connectivity index (χ3v) is 3.27. The van der Waals surface area contributed by atoms with Crippen LogP contribution in [0.15, 0.2) is 36.5 Å². The summed E-state index contributed by atoms with van der Waals surface area (Å²) in [4.78, 5) is 15.4. The standard InChI is InChI=1S/C15H19N3O2/c1-15(17,14(16)19)8-4-10-20-13-7-2-6-12-11(13)5-3-9-18-12/h2-3,5-7,9H,4,8,10,17H2,1H3,(H2,16,19). The largest absolute Gasteiger partial charge is 0.493 e. The molecule has 1 unspecified atom stereocenters. The fourth-order valence-corrected chi connectivity index (χ4v) is 1.95. The van der Waals surface area contributed by atoms with Gasteiger partial charge in [0.15, 0.2) is 0 Å². The van der Waals surface area contributed by atoms with Crippen LogP contribution in [-0.4, -0.2) is 23.0 Å². The molecule has 1 heterocycles. The maximum Gasteiger partial charge on any atom is 0.237 e. The van der Waals surface area contributed by atoms with Crippen LogP contribution in [0.1, 0.15) is 19.8 Å².